The molecule has 2 unspecified atom stereocenters. The third kappa shape index (κ3) is 12.4. The Kier molecular flexibility index (Phi) is 14.9. The van der Waals surface area contributed by atoms with Crippen molar-refractivity contribution in [3.63, 3.8) is 0 Å². The van der Waals surface area contributed by atoms with Crippen molar-refractivity contribution in [1.82, 2.24) is 35.9 Å². The van der Waals surface area contributed by atoms with Gasteiger partial charge in [0.15, 0.2) is 0 Å². The van der Waals surface area contributed by atoms with Crippen molar-refractivity contribution in [3.05, 3.63) is 114 Å². The second-order valence-corrected chi connectivity index (χ2v) is 13.8. The van der Waals surface area contributed by atoms with Gasteiger partial charge in [0, 0.05) is 49.7 Å². The van der Waals surface area contributed by atoms with Gasteiger partial charge in [0.1, 0.15) is 18.2 Å². The third-order valence-electron chi connectivity index (χ3n) is 9.77. The first-order valence-corrected chi connectivity index (χ1v) is 18.4. The van der Waals surface area contributed by atoms with Gasteiger partial charge in [0.25, 0.3) is 0 Å². The molecule has 1 aliphatic rings. The minimum atomic E-state index is -1.23. The number of nitrogens with zero attached hydrogens (tertiary/aromatic N) is 3. The lowest BCUT2D eigenvalue weighted by molar-refractivity contribution is -0.133. The van der Waals surface area contributed by atoms with Crippen molar-refractivity contribution in [2.45, 2.75) is 107 Å². The smallest absolute Gasteiger partial charge is 0.243 e. The average molecular weight is 710 g/mol. The number of hydrogen-bond donors (Lipinski definition) is 6. The second-order valence-electron chi connectivity index (χ2n) is 13.8. The van der Waals surface area contributed by atoms with Crippen molar-refractivity contribution >= 4 is 17.7 Å². The summed E-state index contributed by atoms with van der Waals surface area (Å²) in [5.41, 5.74) is 3.11. The number of amides is 3. The zero-order chi connectivity index (χ0) is 36.5. The summed E-state index contributed by atoms with van der Waals surface area (Å²) >= 11 is 0. The molecule has 52 heavy (non-hydrogen) atoms. The maximum Gasteiger partial charge on any atom is 0.243 e. The van der Waals surface area contributed by atoms with E-state index in [0.717, 1.165) is 48.9 Å². The Morgan fingerprint density at radius 3 is 2.23 bits per heavy atom. The molecule has 0 aliphatic heterocycles. The molecule has 1 aromatic carbocycles. The van der Waals surface area contributed by atoms with E-state index in [4.69, 9.17) is 0 Å². The lowest BCUT2D eigenvalue weighted by Crippen LogP contribution is -2.58. The number of aromatic amines is 1. The van der Waals surface area contributed by atoms with Crippen LogP contribution >= 0.6 is 0 Å². The molecule has 0 saturated heterocycles. The van der Waals surface area contributed by atoms with Crippen molar-refractivity contribution in [1.29, 1.82) is 0 Å². The lowest BCUT2D eigenvalue weighted by Gasteiger charge is -2.33. The summed E-state index contributed by atoms with van der Waals surface area (Å²) in [5.74, 6) is -1.04. The molecule has 1 aliphatic carbocycles. The Balaban J connectivity index is 1.31. The van der Waals surface area contributed by atoms with Crippen LogP contribution in [0.5, 0.6) is 0 Å². The van der Waals surface area contributed by atoms with E-state index in [-0.39, 0.29) is 37.5 Å². The molecule has 12 nitrogen and oxygen atoms in total. The van der Waals surface area contributed by atoms with Gasteiger partial charge in [0.05, 0.1) is 24.2 Å². The molecule has 0 radical (unpaired) electrons. The van der Waals surface area contributed by atoms with Gasteiger partial charge in [-0.3, -0.25) is 24.4 Å². The normalized spacial score (nSPS) is 16.2. The van der Waals surface area contributed by atoms with E-state index in [9.17, 15) is 24.6 Å². The summed E-state index contributed by atoms with van der Waals surface area (Å²) < 4.78 is 0. The van der Waals surface area contributed by atoms with Crippen molar-refractivity contribution in [2.75, 3.05) is 0 Å². The number of hydrogen-bond acceptors (Lipinski definition) is 8. The van der Waals surface area contributed by atoms with Crippen LogP contribution in [0.4, 0.5) is 0 Å². The van der Waals surface area contributed by atoms with Crippen LogP contribution in [0.25, 0.3) is 0 Å². The minimum Gasteiger partial charge on any atom is -0.390 e. The van der Waals surface area contributed by atoms with E-state index in [2.05, 4.69) is 35.9 Å². The zero-order valence-electron chi connectivity index (χ0n) is 29.6. The van der Waals surface area contributed by atoms with Gasteiger partial charge in [-0.05, 0) is 60.9 Å². The summed E-state index contributed by atoms with van der Waals surface area (Å²) in [7, 11) is 0. The fourth-order valence-electron chi connectivity index (χ4n) is 6.85. The number of benzene rings is 1. The number of aliphatic hydroxyl groups is 2. The number of H-pyrrole nitrogens is 1. The molecule has 5 atom stereocenters. The maximum atomic E-state index is 14.2. The molecule has 3 aromatic heterocycles. The topological polar surface area (TPSA) is 182 Å². The summed E-state index contributed by atoms with van der Waals surface area (Å²) in [4.78, 5) is 57.0. The van der Waals surface area contributed by atoms with E-state index >= 15 is 0 Å². The molecule has 0 spiro atoms. The van der Waals surface area contributed by atoms with E-state index in [0.29, 0.717) is 25.0 Å². The molecule has 3 heterocycles. The van der Waals surface area contributed by atoms with Gasteiger partial charge in [-0.1, -0.05) is 74.6 Å². The first kappa shape index (κ1) is 38.3. The number of aromatic nitrogens is 4. The highest BCUT2D eigenvalue weighted by molar-refractivity contribution is 5.92. The Morgan fingerprint density at radius 1 is 0.769 bits per heavy atom. The van der Waals surface area contributed by atoms with Crippen LogP contribution in [-0.4, -0.2) is 78.2 Å². The standard InChI is InChI=1S/C40H51N7O5/c48-36(18-17-31-15-7-8-21-43-31)38(50)33(22-28-10-3-1-4-11-28)46-40(52)35(24-32-26-42-27-44-32)47-39(51)34(23-29-12-5-2-6-13-29)45-37(49)19-16-30-14-9-20-41-25-30/h2,5-9,12-15,20-21,25-28,33-36,38,48,50H,1,3-4,10-11,16-19,22-24H2,(H,42,44)(H,45,49)(H,46,52)(H,47,51)/t33-,34?,35?,36-,38+/m0/s1. The fourth-order valence-corrected chi connectivity index (χ4v) is 6.85. The van der Waals surface area contributed by atoms with Gasteiger partial charge in [-0.2, -0.15) is 0 Å². The Labute approximate surface area is 305 Å². The predicted octanol–water partition coefficient (Wildman–Crippen LogP) is 3.40. The number of rotatable bonds is 19. The second kappa shape index (κ2) is 20.2. The highest BCUT2D eigenvalue weighted by atomic mass is 16.3. The van der Waals surface area contributed by atoms with Gasteiger partial charge in [-0.15, -0.1) is 0 Å². The van der Waals surface area contributed by atoms with E-state index in [1.165, 1.54) is 6.33 Å². The highest BCUT2D eigenvalue weighted by Gasteiger charge is 2.34. The Hall–Kier alpha value is -4.94. The number of aryl methyl sites for hydroxylation is 2. The van der Waals surface area contributed by atoms with Crippen molar-refractivity contribution in [3.8, 4) is 0 Å². The van der Waals surface area contributed by atoms with Gasteiger partial charge in [0.2, 0.25) is 17.7 Å². The van der Waals surface area contributed by atoms with Gasteiger partial charge in [-0.25, -0.2) is 4.98 Å². The first-order valence-electron chi connectivity index (χ1n) is 18.4. The van der Waals surface area contributed by atoms with Crippen molar-refractivity contribution < 1.29 is 24.6 Å². The summed E-state index contributed by atoms with van der Waals surface area (Å²) in [5, 5.41) is 31.4. The molecule has 1 saturated carbocycles. The third-order valence-corrected chi connectivity index (χ3v) is 9.77. The quantitative estimate of drug-likeness (QED) is 0.0857. The summed E-state index contributed by atoms with van der Waals surface area (Å²) in [6.45, 7) is 0. The van der Waals surface area contributed by atoms with E-state index in [1.807, 2.05) is 60.7 Å². The number of nitrogens with one attached hydrogen (secondary N) is 4. The number of pyridine rings is 2. The molecule has 1 fully saturated rings. The molecule has 12 heteroatoms. The average Bonchev–Trinajstić information content (AvgIpc) is 3.70. The van der Waals surface area contributed by atoms with Crippen molar-refractivity contribution in [2.24, 2.45) is 5.92 Å². The molecule has 276 valence electrons. The van der Waals surface area contributed by atoms with Gasteiger partial charge < -0.3 is 31.1 Å². The van der Waals surface area contributed by atoms with E-state index in [1.54, 1.807) is 24.8 Å². The summed E-state index contributed by atoms with van der Waals surface area (Å²) in [6.07, 6.45) is 13.3. The highest BCUT2D eigenvalue weighted by Crippen LogP contribution is 2.29. The van der Waals surface area contributed by atoms with Crippen LogP contribution in [0, 0.1) is 5.92 Å². The minimum absolute atomic E-state index is 0.0720. The zero-order valence-corrected chi connectivity index (χ0v) is 29.6. The Morgan fingerprint density at radius 2 is 1.52 bits per heavy atom. The molecular weight excluding hydrogens is 658 g/mol. The number of carbonyl (C=O) groups is 3. The molecule has 0 bridgehead atoms. The maximum absolute atomic E-state index is 14.2. The lowest BCUT2D eigenvalue weighted by atomic mass is 9.82. The largest absolute Gasteiger partial charge is 0.390 e. The predicted molar refractivity (Wildman–Crippen MR) is 197 cm³/mol. The van der Waals surface area contributed by atoms with Crippen LogP contribution in [0.2, 0.25) is 0 Å². The number of carbonyl (C=O) groups excluding carboxylic acids is 3. The molecular formula is C40H51N7O5. The monoisotopic (exact) mass is 709 g/mol. The van der Waals surface area contributed by atoms with E-state index < -0.39 is 42.1 Å². The fraction of sp³-hybridized carbons (Fsp3) is 0.450. The van der Waals surface area contributed by atoms with Crippen LogP contribution in [0.15, 0.2) is 91.8 Å². The number of imidazole rings is 1. The summed E-state index contributed by atoms with van der Waals surface area (Å²) in [6, 6.07) is 15.9. The van der Waals surface area contributed by atoms with Crippen LogP contribution < -0.4 is 16.0 Å². The molecule has 6 N–H and O–H groups in total. The van der Waals surface area contributed by atoms with Crippen LogP contribution in [-0.2, 0) is 40.1 Å². The SMILES string of the molecule is O=C(CCc1cccnc1)NC(Cc1ccccc1)C(=O)NC(Cc1c[nH]cn1)C(=O)N[C@@H](CC1CCCCC1)[C@@H](O)[C@@H](O)CCc1ccccn1. The first-order chi connectivity index (χ1) is 25.3. The van der Waals surface area contributed by atoms with Gasteiger partial charge >= 0.3 is 0 Å². The van der Waals surface area contributed by atoms with Crippen LogP contribution in [0.1, 0.15) is 73.9 Å². The molecule has 3 amide bonds. The molecule has 5 rings (SSSR count). The number of aliphatic hydroxyl groups excluding tert-OH is 2. The van der Waals surface area contributed by atoms with Crippen LogP contribution in [0.3, 0.4) is 0 Å². The Bertz CT molecular complexity index is 1640. The molecule has 4 aromatic rings.